The first-order chi connectivity index (χ1) is 12.8. The zero-order chi connectivity index (χ0) is 19.9. The van der Waals surface area contributed by atoms with E-state index in [-0.39, 0.29) is 25.0 Å². The molecule has 1 amide bonds. The Kier molecular flexibility index (Phi) is 7.50. The SMILES string of the molecule is CN(C)C(=O)CNC(=NCc1cccc(C(F)(F)F)c1)NC1CCCCC1. The number of carbonyl (C=O) groups excluding carboxylic acids is 1. The minimum absolute atomic E-state index is 0.0775. The Morgan fingerprint density at radius 2 is 1.93 bits per heavy atom. The lowest BCUT2D eigenvalue weighted by molar-refractivity contribution is -0.137. The van der Waals surface area contributed by atoms with Crippen LogP contribution in [0.15, 0.2) is 29.3 Å². The number of likely N-dealkylation sites (N-methyl/N-ethyl adjacent to an activating group) is 1. The van der Waals surface area contributed by atoms with Gasteiger partial charge in [-0.1, -0.05) is 31.4 Å². The highest BCUT2D eigenvalue weighted by Crippen LogP contribution is 2.29. The van der Waals surface area contributed by atoms with E-state index in [2.05, 4.69) is 15.6 Å². The molecule has 0 spiro atoms. The summed E-state index contributed by atoms with van der Waals surface area (Å²) in [6, 6.07) is 5.41. The van der Waals surface area contributed by atoms with Crippen LogP contribution in [0.2, 0.25) is 0 Å². The summed E-state index contributed by atoms with van der Waals surface area (Å²) < 4.78 is 38.6. The number of carbonyl (C=O) groups is 1. The van der Waals surface area contributed by atoms with E-state index in [0.717, 1.165) is 37.8 Å². The van der Waals surface area contributed by atoms with Crippen LogP contribution >= 0.6 is 0 Å². The molecule has 0 heterocycles. The summed E-state index contributed by atoms with van der Waals surface area (Å²) in [4.78, 5) is 17.7. The third-order valence-corrected chi connectivity index (χ3v) is 4.53. The molecule has 27 heavy (non-hydrogen) atoms. The number of nitrogens with zero attached hydrogens (tertiary/aromatic N) is 2. The summed E-state index contributed by atoms with van der Waals surface area (Å²) in [5.41, 5.74) is -0.221. The van der Waals surface area contributed by atoms with Gasteiger partial charge in [-0.3, -0.25) is 4.79 Å². The number of hydrogen-bond donors (Lipinski definition) is 2. The zero-order valence-electron chi connectivity index (χ0n) is 15.8. The largest absolute Gasteiger partial charge is 0.416 e. The standard InChI is InChI=1S/C19H27F3N4O/c1-26(2)17(27)13-24-18(25-16-9-4-3-5-10-16)23-12-14-7-6-8-15(11-14)19(20,21)22/h6-8,11,16H,3-5,9-10,12-13H2,1-2H3,(H2,23,24,25). The van der Waals surface area contributed by atoms with E-state index >= 15 is 0 Å². The Balaban J connectivity index is 2.07. The second-order valence-electron chi connectivity index (χ2n) is 6.98. The summed E-state index contributed by atoms with van der Waals surface area (Å²) >= 11 is 0. The number of hydrogen-bond acceptors (Lipinski definition) is 2. The van der Waals surface area contributed by atoms with Crippen LogP contribution in [0.3, 0.4) is 0 Å². The molecule has 0 saturated heterocycles. The molecule has 0 aromatic heterocycles. The van der Waals surface area contributed by atoms with Crippen molar-refractivity contribution in [3.63, 3.8) is 0 Å². The van der Waals surface area contributed by atoms with Crippen molar-refractivity contribution in [1.29, 1.82) is 0 Å². The maximum atomic E-state index is 12.9. The Morgan fingerprint density at radius 3 is 2.56 bits per heavy atom. The van der Waals surface area contributed by atoms with Gasteiger partial charge in [0.25, 0.3) is 0 Å². The quantitative estimate of drug-likeness (QED) is 0.606. The van der Waals surface area contributed by atoms with Crippen LogP contribution in [0.25, 0.3) is 0 Å². The summed E-state index contributed by atoms with van der Waals surface area (Å²) in [5.74, 6) is 0.349. The van der Waals surface area contributed by atoms with E-state index in [1.165, 1.54) is 17.4 Å². The van der Waals surface area contributed by atoms with Crippen molar-refractivity contribution in [3.8, 4) is 0 Å². The Bertz CT molecular complexity index is 653. The van der Waals surface area contributed by atoms with Gasteiger partial charge in [-0.05, 0) is 30.5 Å². The van der Waals surface area contributed by atoms with E-state index in [4.69, 9.17) is 0 Å². The van der Waals surface area contributed by atoms with Gasteiger partial charge in [-0.15, -0.1) is 0 Å². The van der Waals surface area contributed by atoms with Gasteiger partial charge in [-0.25, -0.2) is 4.99 Å². The number of guanidine groups is 1. The van der Waals surface area contributed by atoms with Crippen molar-refractivity contribution >= 4 is 11.9 Å². The molecule has 0 radical (unpaired) electrons. The van der Waals surface area contributed by atoms with Crippen molar-refractivity contribution in [1.82, 2.24) is 15.5 Å². The summed E-state index contributed by atoms with van der Waals surface area (Å²) in [6.45, 7) is 0.177. The lowest BCUT2D eigenvalue weighted by Crippen LogP contribution is -2.47. The number of benzene rings is 1. The lowest BCUT2D eigenvalue weighted by Gasteiger charge is -2.25. The van der Waals surface area contributed by atoms with Crippen LogP contribution in [-0.2, 0) is 17.5 Å². The number of rotatable bonds is 5. The van der Waals surface area contributed by atoms with E-state index in [9.17, 15) is 18.0 Å². The maximum Gasteiger partial charge on any atom is 0.416 e. The average molecular weight is 384 g/mol. The van der Waals surface area contributed by atoms with Crippen molar-refractivity contribution in [2.45, 2.75) is 50.9 Å². The molecule has 0 atom stereocenters. The first-order valence-electron chi connectivity index (χ1n) is 9.17. The van der Waals surface area contributed by atoms with E-state index in [0.29, 0.717) is 11.5 Å². The normalized spacial score (nSPS) is 16.1. The first kappa shape index (κ1) is 21.1. The van der Waals surface area contributed by atoms with Crippen LogP contribution in [0, 0.1) is 0 Å². The van der Waals surface area contributed by atoms with Gasteiger partial charge in [-0.2, -0.15) is 13.2 Å². The topological polar surface area (TPSA) is 56.7 Å². The molecule has 1 fully saturated rings. The fourth-order valence-corrected chi connectivity index (χ4v) is 2.93. The predicted octanol–water partition coefficient (Wildman–Crippen LogP) is 3.16. The second kappa shape index (κ2) is 9.62. The van der Waals surface area contributed by atoms with Gasteiger partial charge >= 0.3 is 6.18 Å². The van der Waals surface area contributed by atoms with Crippen LogP contribution in [0.5, 0.6) is 0 Å². The van der Waals surface area contributed by atoms with E-state index < -0.39 is 11.7 Å². The van der Waals surface area contributed by atoms with Crippen molar-refractivity contribution in [2.24, 2.45) is 4.99 Å². The van der Waals surface area contributed by atoms with Gasteiger partial charge in [0.2, 0.25) is 5.91 Å². The van der Waals surface area contributed by atoms with E-state index in [1.807, 2.05) is 0 Å². The van der Waals surface area contributed by atoms with E-state index in [1.54, 1.807) is 20.2 Å². The Morgan fingerprint density at radius 1 is 1.22 bits per heavy atom. The number of aliphatic imine (C=N–C) groups is 1. The highest BCUT2D eigenvalue weighted by Gasteiger charge is 2.30. The van der Waals surface area contributed by atoms with Crippen LogP contribution in [0.1, 0.15) is 43.2 Å². The van der Waals surface area contributed by atoms with Gasteiger partial charge < -0.3 is 15.5 Å². The van der Waals surface area contributed by atoms with Crippen molar-refractivity contribution in [3.05, 3.63) is 35.4 Å². The fraction of sp³-hybridized carbons (Fsp3) is 0.579. The third kappa shape index (κ3) is 7.11. The number of alkyl halides is 3. The molecule has 1 aromatic rings. The van der Waals surface area contributed by atoms with Crippen LogP contribution in [-0.4, -0.2) is 43.4 Å². The van der Waals surface area contributed by atoms with Gasteiger partial charge in [0.1, 0.15) is 0 Å². The molecule has 0 unspecified atom stereocenters. The smallest absolute Gasteiger partial charge is 0.354 e. The van der Waals surface area contributed by atoms with Gasteiger partial charge in [0, 0.05) is 20.1 Å². The molecule has 1 saturated carbocycles. The van der Waals surface area contributed by atoms with Gasteiger partial charge in [0.15, 0.2) is 5.96 Å². The Hall–Kier alpha value is -2.25. The van der Waals surface area contributed by atoms with Crippen LogP contribution in [0.4, 0.5) is 13.2 Å². The maximum absolute atomic E-state index is 12.9. The molecular formula is C19H27F3N4O. The number of amides is 1. The highest BCUT2D eigenvalue weighted by molar-refractivity contribution is 5.86. The van der Waals surface area contributed by atoms with Gasteiger partial charge in [0.05, 0.1) is 18.7 Å². The molecule has 0 bridgehead atoms. The third-order valence-electron chi connectivity index (χ3n) is 4.53. The lowest BCUT2D eigenvalue weighted by atomic mass is 9.96. The van der Waals surface area contributed by atoms with Crippen molar-refractivity contribution < 1.29 is 18.0 Å². The fourth-order valence-electron chi connectivity index (χ4n) is 2.93. The molecule has 1 aliphatic rings. The highest BCUT2D eigenvalue weighted by atomic mass is 19.4. The van der Waals surface area contributed by atoms with Crippen LogP contribution < -0.4 is 10.6 Å². The molecular weight excluding hydrogens is 357 g/mol. The molecule has 5 nitrogen and oxygen atoms in total. The molecule has 150 valence electrons. The molecule has 8 heteroatoms. The zero-order valence-corrected chi connectivity index (χ0v) is 15.8. The molecule has 1 aliphatic carbocycles. The van der Waals surface area contributed by atoms with Crippen molar-refractivity contribution in [2.75, 3.05) is 20.6 Å². The Labute approximate surface area is 158 Å². The average Bonchev–Trinajstić information content (AvgIpc) is 2.64. The molecule has 1 aromatic carbocycles. The summed E-state index contributed by atoms with van der Waals surface area (Å²) in [5, 5.41) is 6.30. The summed E-state index contributed by atoms with van der Waals surface area (Å²) in [7, 11) is 3.33. The predicted molar refractivity (Wildman–Crippen MR) is 99.3 cm³/mol. The minimum Gasteiger partial charge on any atom is -0.354 e. The second-order valence-corrected chi connectivity index (χ2v) is 6.98. The molecule has 2 rings (SSSR count). The monoisotopic (exact) mass is 384 g/mol. The minimum atomic E-state index is -4.38. The first-order valence-corrected chi connectivity index (χ1v) is 9.17. The number of halogens is 3. The number of nitrogens with one attached hydrogen (secondary N) is 2. The molecule has 0 aliphatic heterocycles. The summed E-state index contributed by atoms with van der Waals surface area (Å²) in [6.07, 6.45) is 1.14. The molecule has 2 N–H and O–H groups in total.